The zero-order chi connectivity index (χ0) is 24.4. The van der Waals surface area contributed by atoms with Crippen molar-refractivity contribution in [1.82, 2.24) is 0 Å². The molecular weight excluding hydrogens is 438 g/mol. The Morgan fingerprint density at radius 2 is 1.31 bits per heavy atom. The quantitative estimate of drug-likeness (QED) is 0.185. The predicted molar refractivity (Wildman–Crippen MR) is 150 cm³/mol. The molecule has 0 spiro atoms. The first-order valence-electron chi connectivity index (χ1n) is 12.4. The smallest absolute Gasteiger partial charge is 0.216 e. The SMILES string of the molecule is Cc1ccc(-c2c(C)ccc3c2oc2c(-c4cc5ccccc5c5ccccc45)cccc23)[n+](C)c1. The van der Waals surface area contributed by atoms with Crippen molar-refractivity contribution < 1.29 is 8.98 Å². The van der Waals surface area contributed by atoms with Gasteiger partial charge in [0.05, 0.1) is 5.56 Å². The van der Waals surface area contributed by atoms with Gasteiger partial charge in [0.2, 0.25) is 5.69 Å². The summed E-state index contributed by atoms with van der Waals surface area (Å²) in [4.78, 5) is 0. The maximum Gasteiger partial charge on any atom is 0.216 e. The van der Waals surface area contributed by atoms with Crippen LogP contribution in [0.5, 0.6) is 0 Å². The van der Waals surface area contributed by atoms with E-state index in [1.165, 1.54) is 38.2 Å². The molecule has 0 saturated carbocycles. The topological polar surface area (TPSA) is 17.0 Å². The van der Waals surface area contributed by atoms with Crippen LogP contribution in [0.15, 0.2) is 108 Å². The zero-order valence-corrected chi connectivity index (χ0v) is 20.7. The van der Waals surface area contributed by atoms with Crippen molar-refractivity contribution in [3.63, 3.8) is 0 Å². The summed E-state index contributed by atoms with van der Waals surface area (Å²) in [5.74, 6) is 0. The lowest BCUT2D eigenvalue weighted by molar-refractivity contribution is -0.660. The van der Waals surface area contributed by atoms with Gasteiger partial charge in [-0.2, -0.15) is 0 Å². The minimum atomic E-state index is 0.939. The Morgan fingerprint density at radius 1 is 0.583 bits per heavy atom. The molecule has 0 bridgehead atoms. The van der Waals surface area contributed by atoms with Crippen molar-refractivity contribution in [2.45, 2.75) is 13.8 Å². The van der Waals surface area contributed by atoms with E-state index in [1.807, 2.05) is 0 Å². The fourth-order valence-electron chi connectivity index (χ4n) is 5.77. The first-order chi connectivity index (χ1) is 17.6. The number of rotatable bonds is 2. The van der Waals surface area contributed by atoms with E-state index in [0.717, 1.165) is 38.8 Å². The van der Waals surface area contributed by atoms with E-state index in [2.05, 4.69) is 129 Å². The number of furan rings is 1. The monoisotopic (exact) mass is 464 g/mol. The summed E-state index contributed by atoms with van der Waals surface area (Å²) in [5, 5.41) is 7.32. The van der Waals surface area contributed by atoms with Gasteiger partial charge in [-0.3, -0.25) is 0 Å². The highest BCUT2D eigenvalue weighted by Gasteiger charge is 2.22. The highest BCUT2D eigenvalue weighted by atomic mass is 16.3. The van der Waals surface area contributed by atoms with Crippen molar-refractivity contribution in [2.24, 2.45) is 7.05 Å². The normalized spacial score (nSPS) is 11.8. The van der Waals surface area contributed by atoms with Gasteiger partial charge < -0.3 is 4.42 Å². The van der Waals surface area contributed by atoms with Gasteiger partial charge in [-0.1, -0.05) is 78.9 Å². The van der Waals surface area contributed by atoms with E-state index in [9.17, 15) is 0 Å². The van der Waals surface area contributed by atoms with Crippen LogP contribution in [0, 0.1) is 13.8 Å². The Morgan fingerprint density at radius 3 is 2.14 bits per heavy atom. The standard InChI is InChI=1S/C34H26NO/c1-21-15-18-31(35(3)20-21)32-22(2)16-17-29-27-13-8-14-28(33(27)36-34(29)32)30-19-23-9-4-5-10-24(23)25-11-6-7-12-26(25)30/h4-20H,1-3H3/q+1. The zero-order valence-electron chi connectivity index (χ0n) is 20.7. The Hall–Kier alpha value is -4.43. The third-order valence-corrected chi connectivity index (χ3v) is 7.47. The number of fused-ring (bicyclic) bond motifs is 6. The molecule has 2 heteroatoms. The second-order valence-corrected chi connectivity index (χ2v) is 9.81. The number of hydrogen-bond donors (Lipinski definition) is 0. The molecule has 2 heterocycles. The molecule has 5 aromatic carbocycles. The van der Waals surface area contributed by atoms with Crippen LogP contribution in [0.2, 0.25) is 0 Å². The van der Waals surface area contributed by atoms with Gasteiger partial charge in [-0.15, -0.1) is 0 Å². The van der Waals surface area contributed by atoms with Gasteiger partial charge in [-0.25, -0.2) is 4.57 Å². The van der Waals surface area contributed by atoms with Crippen molar-refractivity contribution in [3.05, 3.63) is 114 Å². The van der Waals surface area contributed by atoms with E-state index in [4.69, 9.17) is 4.42 Å². The maximum absolute atomic E-state index is 6.84. The summed E-state index contributed by atoms with van der Waals surface area (Å²) in [5.41, 5.74) is 8.97. The fraction of sp³-hybridized carbons (Fsp3) is 0.0882. The number of benzene rings is 5. The van der Waals surface area contributed by atoms with Crippen molar-refractivity contribution in [1.29, 1.82) is 0 Å². The minimum absolute atomic E-state index is 0.939. The summed E-state index contributed by atoms with van der Waals surface area (Å²) >= 11 is 0. The molecule has 0 aliphatic carbocycles. The number of aromatic nitrogens is 1. The molecular formula is C34H26NO+. The van der Waals surface area contributed by atoms with Crippen LogP contribution in [-0.2, 0) is 7.05 Å². The number of hydrogen-bond acceptors (Lipinski definition) is 1. The Kier molecular flexibility index (Phi) is 4.52. The average Bonchev–Trinajstić information content (AvgIpc) is 3.28. The molecule has 7 aromatic rings. The Bertz CT molecular complexity index is 1980. The number of nitrogens with zero attached hydrogens (tertiary/aromatic N) is 1. The summed E-state index contributed by atoms with van der Waals surface area (Å²) < 4.78 is 9.03. The molecule has 0 unspecified atom stereocenters. The van der Waals surface area contributed by atoms with Gasteiger partial charge in [-0.05, 0) is 58.7 Å². The van der Waals surface area contributed by atoms with Crippen LogP contribution in [0.3, 0.4) is 0 Å². The number of pyridine rings is 1. The molecule has 2 nitrogen and oxygen atoms in total. The Balaban J connectivity index is 1.59. The van der Waals surface area contributed by atoms with Gasteiger partial charge in [0, 0.05) is 28.0 Å². The summed E-state index contributed by atoms with van der Waals surface area (Å²) in [6, 6.07) is 34.9. The Labute approximate surface area is 210 Å². The average molecular weight is 465 g/mol. The number of para-hydroxylation sites is 1. The lowest BCUT2D eigenvalue weighted by Gasteiger charge is -2.11. The molecule has 0 fully saturated rings. The summed E-state index contributed by atoms with van der Waals surface area (Å²) in [6.07, 6.45) is 2.17. The molecule has 172 valence electrons. The molecule has 0 aliphatic heterocycles. The molecule has 0 saturated heterocycles. The second-order valence-electron chi connectivity index (χ2n) is 9.81. The van der Waals surface area contributed by atoms with E-state index in [1.54, 1.807) is 0 Å². The molecule has 0 aliphatic rings. The van der Waals surface area contributed by atoms with Gasteiger partial charge >= 0.3 is 0 Å². The predicted octanol–water partition coefficient (Wildman–Crippen LogP) is 8.67. The second kappa shape index (κ2) is 7.79. The van der Waals surface area contributed by atoms with E-state index in [-0.39, 0.29) is 0 Å². The van der Waals surface area contributed by atoms with Crippen molar-refractivity contribution >= 4 is 43.5 Å². The fourth-order valence-corrected chi connectivity index (χ4v) is 5.77. The maximum atomic E-state index is 6.84. The van der Waals surface area contributed by atoms with Crippen LogP contribution in [0.25, 0.3) is 65.9 Å². The van der Waals surface area contributed by atoms with Crippen LogP contribution < -0.4 is 4.57 Å². The lowest BCUT2D eigenvalue weighted by Crippen LogP contribution is -2.31. The molecule has 0 radical (unpaired) electrons. The molecule has 36 heavy (non-hydrogen) atoms. The van der Waals surface area contributed by atoms with Crippen molar-refractivity contribution in [2.75, 3.05) is 0 Å². The van der Waals surface area contributed by atoms with Crippen LogP contribution in [-0.4, -0.2) is 0 Å². The minimum Gasteiger partial charge on any atom is -0.454 e. The van der Waals surface area contributed by atoms with E-state index in [0.29, 0.717) is 0 Å². The van der Waals surface area contributed by atoms with Crippen molar-refractivity contribution in [3.8, 4) is 22.4 Å². The molecule has 0 amide bonds. The van der Waals surface area contributed by atoms with Gasteiger partial charge in [0.15, 0.2) is 6.20 Å². The molecule has 2 aromatic heterocycles. The first-order valence-corrected chi connectivity index (χ1v) is 12.4. The van der Waals surface area contributed by atoms with Gasteiger partial charge in [0.1, 0.15) is 18.2 Å². The van der Waals surface area contributed by atoms with Gasteiger partial charge in [0.25, 0.3) is 0 Å². The summed E-state index contributed by atoms with van der Waals surface area (Å²) in [6.45, 7) is 4.29. The third kappa shape index (κ3) is 3.01. The first kappa shape index (κ1) is 20.9. The van der Waals surface area contributed by atoms with Crippen LogP contribution in [0.4, 0.5) is 0 Å². The molecule has 0 atom stereocenters. The third-order valence-electron chi connectivity index (χ3n) is 7.47. The van der Waals surface area contributed by atoms with Crippen LogP contribution in [0.1, 0.15) is 11.1 Å². The highest BCUT2D eigenvalue weighted by molar-refractivity contribution is 6.18. The van der Waals surface area contributed by atoms with E-state index >= 15 is 0 Å². The largest absolute Gasteiger partial charge is 0.454 e. The van der Waals surface area contributed by atoms with E-state index < -0.39 is 0 Å². The lowest BCUT2D eigenvalue weighted by atomic mass is 9.92. The molecule has 0 N–H and O–H groups in total. The molecule has 7 rings (SSSR count). The number of aryl methyl sites for hydroxylation is 3. The van der Waals surface area contributed by atoms with Crippen LogP contribution >= 0.6 is 0 Å². The summed E-state index contributed by atoms with van der Waals surface area (Å²) in [7, 11) is 2.11. The highest BCUT2D eigenvalue weighted by Crippen LogP contribution is 2.43.